The van der Waals surface area contributed by atoms with Crippen LogP contribution in [0.3, 0.4) is 0 Å². The SMILES string of the molecule is OC(Cc1c(F)cccc1F)c1cnns1. The largest absolute Gasteiger partial charge is 0.387 e. The molecule has 0 aliphatic heterocycles. The number of aliphatic hydroxyl groups excluding tert-OH is 1. The maximum atomic E-state index is 13.3. The Morgan fingerprint density at radius 1 is 1.31 bits per heavy atom. The summed E-state index contributed by atoms with van der Waals surface area (Å²) in [5.41, 5.74) is -0.122. The summed E-state index contributed by atoms with van der Waals surface area (Å²) >= 11 is 1.01. The highest BCUT2D eigenvalue weighted by molar-refractivity contribution is 7.05. The molecular weight excluding hydrogens is 234 g/mol. The van der Waals surface area contributed by atoms with Gasteiger partial charge in [-0.2, -0.15) is 0 Å². The molecule has 1 atom stereocenters. The van der Waals surface area contributed by atoms with Gasteiger partial charge in [0.1, 0.15) is 11.6 Å². The molecule has 0 spiro atoms. The standard InChI is InChI=1S/C10H8F2N2OS/c11-7-2-1-3-8(12)6(7)4-9(15)10-5-13-14-16-10/h1-3,5,9,15H,4H2. The fourth-order valence-electron chi connectivity index (χ4n) is 1.34. The van der Waals surface area contributed by atoms with Gasteiger partial charge in [0.05, 0.1) is 17.2 Å². The minimum absolute atomic E-state index is 0.122. The zero-order valence-electron chi connectivity index (χ0n) is 8.10. The van der Waals surface area contributed by atoms with Crippen molar-refractivity contribution in [3.05, 3.63) is 46.5 Å². The highest BCUT2D eigenvalue weighted by Crippen LogP contribution is 2.23. The van der Waals surface area contributed by atoms with Crippen LogP contribution in [0.5, 0.6) is 0 Å². The topological polar surface area (TPSA) is 46.0 Å². The molecule has 0 bridgehead atoms. The van der Waals surface area contributed by atoms with E-state index in [1.807, 2.05) is 0 Å². The summed E-state index contributed by atoms with van der Waals surface area (Å²) in [4.78, 5) is 0.489. The molecule has 0 aliphatic rings. The Labute approximate surface area is 94.5 Å². The molecule has 2 aromatic rings. The van der Waals surface area contributed by atoms with Crippen LogP contribution < -0.4 is 0 Å². The normalized spacial score (nSPS) is 12.7. The Morgan fingerprint density at radius 2 is 2.00 bits per heavy atom. The van der Waals surface area contributed by atoms with Gasteiger partial charge in [-0.1, -0.05) is 10.6 Å². The van der Waals surface area contributed by atoms with Gasteiger partial charge in [0, 0.05) is 12.0 Å². The maximum absolute atomic E-state index is 13.3. The van der Waals surface area contributed by atoms with Gasteiger partial charge in [0.25, 0.3) is 0 Å². The first kappa shape index (κ1) is 11.1. The fourth-order valence-corrected chi connectivity index (χ4v) is 1.83. The van der Waals surface area contributed by atoms with Crippen LogP contribution >= 0.6 is 11.5 Å². The second-order valence-electron chi connectivity index (χ2n) is 3.24. The molecule has 1 aromatic carbocycles. The van der Waals surface area contributed by atoms with Crippen molar-refractivity contribution < 1.29 is 13.9 Å². The van der Waals surface area contributed by atoms with E-state index >= 15 is 0 Å². The molecule has 0 amide bonds. The van der Waals surface area contributed by atoms with Gasteiger partial charge in [-0.05, 0) is 23.7 Å². The van der Waals surface area contributed by atoms with Crippen LogP contribution in [0.1, 0.15) is 16.5 Å². The van der Waals surface area contributed by atoms with Gasteiger partial charge in [0.2, 0.25) is 0 Å². The van der Waals surface area contributed by atoms with Gasteiger partial charge < -0.3 is 5.11 Å². The zero-order chi connectivity index (χ0) is 11.5. The van der Waals surface area contributed by atoms with E-state index < -0.39 is 17.7 Å². The van der Waals surface area contributed by atoms with E-state index in [2.05, 4.69) is 9.59 Å². The molecule has 3 nitrogen and oxygen atoms in total. The average Bonchev–Trinajstić information content (AvgIpc) is 2.76. The van der Waals surface area contributed by atoms with E-state index in [4.69, 9.17) is 0 Å². The molecule has 1 heterocycles. The van der Waals surface area contributed by atoms with Gasteiger partial charge in [-0.3, -0.25) is 0 Å². The van der Waals surface area contributed by atoms with E-state index in [1.54, 1.807) is 0 Å². The Hall–Kier alpha value is -1.40. The molecule has 0 saturated carbocycles. The number of halogens is 2. The van der Waals surface area contributed by atoms with Crippen LogP contribution in [0.15, 0.2) is 24.4 Å². The molecule has 84 valence electrons. The summed E-state index contributed by atoms with van der Waals surface area (Å²) in [6.45, 7) is 0. The number of nitrogens with zero attached hydrogens (tertiary/aromatic N) is 2. The van der Waals surface area contributed by atoms with Crippen molar-refractivity contribution in [1.82, 2.24) is 9.59 Å². The minimum Gasteiger partial charge on any atom is -0.387 e. The van der Waals surface area contributed by atoms with Crippen LogP contribution in [0.2, 0.25) is 0 Å². The monoisotopic (exact) mass is 242 g/mol. The lowest BCUT2D eigenvalue weighted by atomic mass is 10.1. The Kier molecular flexibility index (Phi) is 3.21. The lowest BCUT2D eigenvalue weighted by molar-refractivity contribution is 0.179. The number of benzene rings is 1. The van der Waals surface area contributed by atoms with Gasteiger partial charge >= 0.3 is 0 Å². The summed E-state index contributed by atoms with van der Waals surface area (Å²) in [5, 5.41) is 13.3. The van der Waals surface area contributed by atoms with Crippen molar-refractivity contribution in [2.45, 2.75) is 12.5 Å². The fraction of sp³-hybridized carbons (Fsp3) is 0.200. The predicted octanol–water partition coefficient (Wildman–Crippen LogP) is 2.09. The Morgan fingerprint density at radius 3 is 2.56 bits per heavy atom. The minimum atomic E-state index is -0.980. The lowest BCUT2D eigenvalue weighted by Crippen LogP contribution is -2.04. The van der Waals surface area contributed by atoms with Crippen LogP contribution in [0, 0.1) is 11.6 Å². The summed E-state index contributed by atoms with van der Waals surface area (Å²) in [6.07, 6.45) is 0.280. The number of aliphatic hydroxyl groups is 1. The number of hydrogen-bond acceptors (Lipinski definition) is 4. The number of rotatable bonds is 3. The Balaban J connectivity index is 2.21. The molecule has 0 aliphatic carbocycles. The van der Waals surface area contributed by atoms with Crippen molar-refractivity contribution >= 4 is 11.5 Å². The third kappa shape index (κ3) is 2.23. The van der Waals surface area contributed by atoms with E-state index in [0.717, 1.165) is 23.7 Å². The van der Waals surface area contributed by atoms with Crippen molar-refractivity contribution in [3.63, 3.8) is 0 Å². The number of hydrogen-bond donors (Lipinski definition) is 1. The summed E-state index contributed by atoms with van der Waals surface area (Å²) < 4.78 is 30.1. The first-order valence-corrected chi connectivity index (χ1v) is 5.34. The van der Waals surface area contributed by atoms with Crippen LogP contribution in [-0.4, -0.2) is 14.7 Å². The summed E-state index contributed by atoms with van der Waals surface area (Å²) in [7, 11) is 0. The maximum Gasteiger partial charge on any atom is 0.129 e. The quantitative estimate of drug-likeness (QED) is 0.896. The lowest BCUT2D eigenvalue weighted by Gasteiger charge is -2.09. The van der Waals surface area contributed by atoms with Crippen molar-refractivity contribution in [2.75, 3.05) is 0 Å². The molecule has 0 fully saturated rings. The van der Waals surface area contributed by atoms with Crippen LogP contribution in [-0.2, 0) is 6.42 Å². The van der Waals surface area contributed by atoms with Crippen LogP contribution in [0.4, 0.5) is 8.78 Å². The molecule has 1 N–H and O–H groups in total. The molecule has 0 radical (unpaired) electrons. The van der Waals surface area contributed by atoms with E-state index in [1.165, 1.54) is 12.3 Å². The first-order chi connectivity index (χ1) is 7.68. The average molecular weight is 242 g/mol. The second kappa shape index (κ2) is 4.63. The van der Waals surface area contributed by atoms with Gasteiger partial charge in [-0.15, -0.1) is 5.10 Å². The molecule has 1 aromatic heterocycles. The van der Waals surface area contributed by atoms with Gasteiger partial charge in [0.15, 0.2) is 0 Å². The van der Waals surface area contributed by atoms with E-state index in [0.29, 0.717) is 4.88 Å². The molecular formula is C10H8F2N2OS. The predicted molar refractivity (Wildman–Crippen MR) is 54.9 cm³/mol. The molecule has 1 unspecified atom stereocenters. The van der Waals surface area contributed by atoms with Crippen molar-refractivity contribution in [3.8, 4) is 0 Å². The van der Waals surface area contributed by atoms with Crippen molar-refractivity contribution in [2.24, 2.45) is 0 Å². The summed E-state index contributed by atoms with van der Waals surface area (Å²) in [5.74, 6) is -1.31. The highest BCUT2D eigenvalue weighted by Gasteiger charge is 2.16. The summed E-state index contributed by atoms with van der Waals surface area (Å²) in [6, 6.07) is 3.61. The second-order valence-corrected chi connectivity index (χ2v) is 4.06. The molecule has 0 saturated heterocycles. The van der Waals surface area contributed by atoms with Crippen molar-refractivity contribution in [1.29, 1.82) is 0 Å². The first-order valence-electron chi connectivity index (χ1n) is 4.56. The Bertz CT molecular complexity index is 455. The number of aromatic nitrogens is 2. The molecule has 6 heteroatoms. The van der Waals surface area contributed by atoms with Gasteiger partial charge in [-0.25, -0.2) is 8.78 Å². The highest BCUT2D eigenvalue weighted by atomic mass is 32.1. The molecule has 16 heavy (non-hydrogen) atoms. The zero-order valence-corrected chi connectivity index (χ0v) is 8.92. The smallest absolute Gasteiger partial charge is 0.129 e. The van der Waals surface area contributed by atoms with Crippen LogP contribution in [0.25, 0.3) is 0 Å². The third-order valence-electron chi connectivity index (χ3n) is 2.17. The van der Waals surface area contributed by atoms with E-state index in [-0.39, 0.29) is 12.0 Å². The third-order valence-corrected chi connectivity index (χ3v) is 2.93. The van der Waals surface area contributed by atoms with E-state index in [9.17, 15) is 13.9 Å². The molecule has 2 rings (SSSR count).